The quantitative estimate of drug-likeness (QED) is 0.878. The lowest BCUT2D eigenvalue weighted by Crippen LogP contribution is -2.34. The molecule has 0 aromatic heterocycles. The Morgan fingerprint density at radius 2 is 1.92 bits per heavy atom. The largest absolute Gasteiger partial charge is 0.497 e. The summed E-state index contributed by atoms with van der Waals surface area (Å²) in [5, 5.41) is 3.20. The van der Waals surface area contributed by atoms with Gasteiger partial charge in [0.1, 0.15) is 11.8 Å². The molecule has 1 atom stereocenters. The highest BCUT2D eigenvalue weighted by molar-refractivity contribution is 6.23. The zero-order valence-electron chi connectivity index (χ0n) is 14.0. The smallest absolute Gasteiger partial charge is 0.256 e. The molecule has 0 saturated carbocycles. The summed E-state index contributed by atoms with van der Waals surface area (Å²) in [5.41, 5.74) is 3.62. The second-order valence-electron chi connectivity index (χ2n) is 5.99. The van der Waals surface area contributed by atoms with Crippen LogP contribution in [0.25, 0.3) is 0 Å². The van der Waals surface area contributed by atoms with Gasteiger partial charge in [-0.15, -0.1) is 0 Å². The van der Waals surface area contributed by atoms with Crippen LogP contribution < -0.4 is 15.0 Å². The molecule has 0 radical (unpaired) electrons. The number of ether oxygens (including phenoxy) is 1. The molecule has 2 aromatic carbocycles. The predicted octanol–water partition coefficient (Wildman–Crippen LogP) is 3.06. The van der Waals surface area contributed by atoms with Crippen molar-refractivity contribution >= 4 is 23.2 Å². The average molecular weight is 324 g/mol. The van der Waals surface area contributed by atoms with Crippen LogP contribution in [-0.4, -0.2) is 25.0 Å². The number of nitrogens with one attached hydrogen (secondary N) is 1. The molecule has 5 nitrogen and oxygen atoms in total. The van der Waals surface area contributed by atoms with E-state index in [9.17, 15) is 9.59 Å². The van der Waals surface area contributed by atoms with Gasteiger partial charge in [0.15, 0.2) is 0 Å². The van der Waals surface area contributed by atoms with Crippen molar-refractivity contribution in [3.05, 3.63) is 53.6 Å². The maximum atomic E-state index is 12.7. The molecule has 3 rings (SSSR count). The number of amides is 2. The molecule has 0 bridgehead atoms. The first-order chi connectivity index (χ1) is 11.5. The number of carbonyl (C=O) groups excluding carboxylic acids is 2. The Morgan fingerprint density at radius 3 is 2.62 bits per heavy atom. The topological polar surface area (TPSA) is 58.6 Å². The van der Waals surface area contributed by atoms with Crippen LogP contribution in [0.2, 0.25) is 0 Å². The highest BCUT2D eigenvalue weighted by Gasteiger charge is 2.39. The molecule has 2 aromatic rings. The monoisotopic (exact) mass is 324 g/mol. The molecular formula is C19H20N2O3. The third-order valence-corrected chi connectivity index (χ3v) is 4.17. The number of rotatable bonds is 4. The second-order valence-corrected chi connectivity index (χ2v) is 5.99. The highest BCUT2D eigenvalue weighted by Crippen LogP contribution is 2.28. The number of nitrogens with zero attached hydrogens (tertiary/aromatic N) is 1. The number of methoxy groups -OCH3 is 1. The Labute approximate surface area is 141 Å². The van der Waals surface area contributed by atoms with E-state index in [2.05, 4.69) is 5.32 Å². The van der Waals surface area contributed by atoms with Crippen LogP contribution in [0.4, 0.5) is 11.4 Å². The number of aryl methyl sites for hydroxylation is 2. The van der Waals surface area contributed by atoms with Crippen molar-refractivity contribution in [3.8, 4) is 5.75 Å². The summed E-state index contributed by atoms with van der Waals surface area (Å²) < 4.78 is 5.17. The van der Waals surface area contributed by atoms with Crippen molar-refractivity contribution in [2.24, 2.45) is 0 Å². The fourth-order valence-corrected chi connectivity index (χ4v) is 2.93. The fourth-order valence-electron chi connectivity index (χ4n) is 2.93. The minimum absolute atomic E-state index is 0.142. The number of carbonyl (C=O) groups is 2. The van der Waals surface area contributed by atoms with Crippen LogP contribution in [0.3, 0.4) is 0 Å². The average Bonchev–Trinajstić information content (AvgIpc) is 2.84. The van der Waals surface area contributed by atoms with Crippen LogP contribution >= 0.6 is 0 Å². The molecule has 0 spiro atoms. The molecule has 24 heavy (non-hydrogen) atoms. The lowest BCUT2D eigenvalue weighted by molar-refractivity contribution is -0.121. The summed E-state index contributed by atoms with van der Waals surface area (Å²) in [6.45, 7) is 4.00. The van der Waals surface area contributed by atoms with E-state index < -0.39 is 6.04 Å². The van der Waals surface area contributed by atoms with Crippen molar-refractivity contribution in [1.29, 1.82) is 0 Å². The van der Waals surface area contributed by atoms with E-state index in [1.54, 1.807) is 31.4 Å². The molecule has 1 N–H and O–H groups in total. The first-order valence-corrected chi connectivity index (χ1v) is 7.84. The summed E-state index contributed by atoms with van der Waals surface area (Å²) in [6.07, 6.45) is 0.142. The van der Waals surface area contributed by atoms with Gasteiger partial charge in [-0.2, -0.15) is 0 Å². The zero-order chi connectivity index (χ0) is 17.3. The third-order valence-electron chi connectivity index (χ3n) is 4.17. The van der Waals surface area contributed by atoms with Crippen LogP contribution in [0.15, 0.2) is 42.5 Å². The first kappa shape index (κ1) is 16.1. The van der Waals surface area contributed by atoms with E-state index in [0.717, 1.165) is 16.8 Å². The van der Waals surface area contributed by atoms with Gasteiger partial charge < -0.3 is 10.1 Å². The van der Waals surface area contributed by atoms with Gasteiger partial charge in [0.25, 0.3) is 5.91 Å². The van der Waals surface area contributed by atoms with Gasteiger partial charge in [-0.3, -0.25) is 9.59 Å². The van der Waals surface area contributed by atoms with Gasteiger partial charge in [0.2, 0.25) is 5.91 Å². The molecule has 0 aliphatic carbocycles. The standard InChI is InChI=1S/C19H20N2O3/c1-12-7-8-16(13(2)9-12)20-17-11-18(22)21(19(17)23)14-5-4-6-15(10-14)24-3/h4-10,17,20H,11H2,1-3H3/t17-/m1/s1. The zero-order valence-corrected chi connectivity index (χ0v) is 14.0. The van der Waals surface area contributed by atoms with Crippen molar-refractivity contribution < 1.29 is 14.3 Å². The first-order valence-electron chi connectivity index (χ1n) is 7.84. The maximum absolute atomic E-state index is 12.7. The summed E-state index contributed by atoms with van der Waals surface area (Å²) in [7, 11) is 1.55. The molecule has 1 aliphatic heterocycles. The molecule has 1 saturated heterocycles. The van der Waals surface area contributed by atoms with Crippen LogP contribution in [-0.2, 0) is 9.59 Å². The van der Waals surface area contributed by atoms with Gasteiger partial charge in [-0.05, 0) is 37.6 Å². The SMILES string of the molecule is COc1cccc(N2C(=O)C[C@@H](Nc3ccc(C)cc3C)C2=O)c1. The molecule has 124 valence electrons. The van der Waals surface area contributed by atoms with Gasteiger partial charge in [-0.25, -0.2) is 4.90 Å². The summed E-state index contributed by atoms with van der Waals surface area (Å²) in [6, 6.07) is 12.4. The van der Waals surface area contributed by atoms with E-state index in [-0.39, 0.29) is 18.2 Å². The van der Waals surface area contributed by atoms with E-state index in [1.807, 2.05) is 32.0 Å². The highest BCUT2D eigenvalue weighted by atomic mass is 16.5. The van der Waals surface area contributed by atoms with E-state index >= 15 is 0 Å². The normalized spacial score (nSPS) is 17.3. The van der Waals surface area contributed by atoms with Gasteiger partial charge in [0.05, 0.1) is 19.2 Å². The minimum Gasteiger partial charge on any atom is -0.497 e. The van der Waals surface area contributed by atoms with E-state index in [0.29, 0.717) is 11.4 Å². The molecular weight excluding hydrogens is 304 g/mol. The molecule has 1 heterocycles. The number of anilines is 2. The molecule has 0 unspecified atom stereocenters. The Kier molecular flexibility index (Phi) is 4.25. The predicted molar refractivity (Wildman–Crippen MR) is 93.4 cm³/mol. The van der Waals surface area contributed by atoms with E-state index in [4.69, 9.17) is 4.74 Å². The van der Waals surface area contributed by atoms with Crippen molar-refractivity contribution in [2.75, 3.05) is 17.3 Å². The number of hydrogen-bond donors (Lipinski definition) is 1. The van der Waals surface area contributed by atoms with Crippen LogP contribution in [0.1, 0.15) is 17.5 Å². The van der Waals surface area contributed by atoms with Crippen LogP contribution in [0, 0.1) is 13.8 Å². The number of benzene rings is 2. The summed E-state index contributed by atoms with van der Waals surface area (Å²) >= 11 is 0. The fraction of sp³-hybridized carbons (Fsp3) is 0.263. The van der Waals surface area contributed by atoms with Gasteiger partial charge in [0, 0.05) is 11.8 Å². The lowest BCUT2D eigenvalue weighted by Gasteiger charge is -2.17. The lowest BCUT2D eigenvalue weighted by atomic mass is 10.1. The van der Waals surface area contributed by atoms with Crippen molar-refractivity contribution in [1.82, 2.24) is 0 Å². The van der Waals surface area contributed by atoms with E-state index in [1.165, 1.54) is 4.90 Å². The Bertz CT molecular complexity index is 801. The van der Waals surface area contributed by atoms with Gasteiger partial charge in [-0.1, -0.05) is 23.8 Å². The molecule has 5 heteroatoms. The van der Waals surface area contributed by atoms with Crippen molar-refractivity contribution in [2.45, 2.75) is 26.3 Å². The number of imide groups is 1. The summed E-state index contributed by atoms with van der Waals surface area (Å²) in [4.78, 5) is 26.3. The number of hydrogen-bond acceptors (Lipinski definition) is 4. The van der Waals surface area contributed by atoms with Crippen LogP contribution in [0.5, 0.6) is 5.75 Å². The Hall–Kier alpha value is -2.82. The third kappa shape index (κ3) is 2.97. The minimum atomic E-state index is -0.551. The van der Waals surface area contributed by atoms with Crippen molar-refractivity contribution in [3.63, 3.8) is 0 Å². The maximum Gasteiger partial charge on any atom is 0.256 e. The molecule has 1 aliphatic rings. The second kappa shape index (κ2) is 6.35. The molecule has 2 amide bonds. The van der Waals surface area contributed by atoms with Gasteiger partial charge >= 0.3 is 0 Å². The summed E-state index contributed by atoms with van der Waals surface area (Å²) in [5.74, 6) is 0.155. The Balaban J connectivity index is 1.83. The molecule has 1 fully saturated rings. The Morgan fingerprint density at radius 1 is 1.12 bits per heavy atom.